The molecule has 0 radical (unpaired) electrons. The normalized spacial score (nSPS) is 12.1. The SMILES string of the molecule is NCC[C@H](Cc1ccc(O)cc1)NC(=O)c1cc(C(=O)O)c2cc(C=Cc3ccc(Cl)cc3)ccc2n1. The number of phenolic OH excluding ortho intramolecular Hbond substituents is 1. The van der Waals surface area contributed by atoms with Gasteiger partial charge >= 0.3 is 5.97 Å². The van der Waals surface area contributed by atoms with Crippen molar-refractivity contribution in [1.82, 2.24) is 10.3 Å². The minimum absolute atomic E-state index is 0.00852. The standard InChI is InChI=1S/C29H26ClN3O4/c30-21-8-3-18(4-9-21)1-2-20-7-12-26-24(16-20)25(29(36)37)17-27(33-26)28(35)32-22(13-14-31)15-19-5-10-23(34)11-6-19/h1-12,16-17,22,34H,13-15,31H2,(H,32,35)(H,36,37)/t22-/m1/s1. The number of carboxylic acids is 1. The molecule has 0 fully saturated rings. The number of fused-ring (bicyclic) bond motifs is 1. The smallest absolute Gasteiger partial charge is 0.336 e. The molecule has 0 saturated heterocycles. The van der Waals surface area contributed by atoms with Gasteiger partial charge in [-0.2, -0.15) is 0 Å². The molecular formula is C29H26ClN3O4. The lowest BCUT2D eigenvalue weighted by Gasteiger charge is -2.18. The molecule has 0 saturated carbocycles. The summed E-state index contributed by atoms with van der Waals surface area (Å²) in [6.45, 7) is 0.362. The first kappa shape index (κ1) is 25.9. The summed E-state index contributed by atoms with van der Waals surface area (Å²) in [6, 6.07) is 20.4. The molecule has 4 aromatic rings. The average molecular weight is 516 g/mol. The van der Waals surface area contributed by atoms with Gasteiger partial charge in [-0.3, -0.25) is 4.79 Å². The van der Waals surface area contributed by atoms with Gasteiger partial charge in [-0.05, 0) is 78.5 Å². The lowest BCUT2D eigenvalue weighted by molar-refractivity contribution is 0.0699. The zero-order chi connectivity index (χ0) is 26.4. The van der Waals surface area contributed by atoms with E-state index in [2.05, 4.69) is 10.3 Å². The fourth-order valence-electron chi connectivity index (χ4n) is 4.01. The van der Waals surface area contributed by atoms with Crippen molar-refractivity contribution in [1.29, 1.82) is 0 Å². The molecule has 188 valence electrons. The number of hydrogen-bond acceptors (Lipinski definition) is 5. The first-order chi connectivity index (χ1) is 17.8. The summed E-state index contributed by atoms with van der Waals surface area (Å²) < 4.78 is 0. The lowest BCUT2D eigenvalue weighted by Crippen LogP contribution is -2.38. The Morgan fingerprint density at radius 1 is 0.973 bits per heavy atom. The van der Waals surface area contributed by atoms with E-state index in [4.69, 9.17) is 17.3 Å². The number of nitrogens with one attached hydrogen (secondary N) is 1. The Bertz CT molecular complexity index is 1450. The predicted molar refractivity (Wildman–Crippen MR) is 146 cm³/mol. The molecule has 1 aromatic heterocycles. The number of rotatable bonds is 9. The predicted octanol–water partition coefficient (Wildman–Crippen LogP) is 5.15. The second kappa shape index (κ2) is 11.7. The van der Waals surface area contributed by atoms with Crippen LogP contribution >= 0.6 is 11.6 Å². The third-order valence-corrected chi connectivity index (χ3v) is 6.15. The van der Waals surface area contributed by atoms with Crippen molar-refractivity contribution in [2.75, 3.05) is 6.54 Å². The molecule has 5 N–H and O–H groups in total. The van der Waals surface area contributed by atoms with Gasteiger partial charge < -0.3 is 21.3 Å². The van der Waals surface area contributed by atoms with Gasteiger partial charge in [0, 0.05) is 16.5 Å². The van der Waals surface area contributed by atoms with Crippen molar-refractivity contribution in [3.05, 3.63) is 106 Å². The Kier molecular flexibility index (Phi) is 8.18. The van der Waals surface area contributed by atoms with E-state index in [1.807, 2.05) is 30.4 Å². The van der Waals surface area contributed by atoms with Crippen LogP contribution in [0.1, 0.15) is 44.0 Å². The number of nitrogens with two attached hydrogens (primary N) is 1. The van der Waals surface area contributed by atoms with Crippen molar-refractivity contribution in [2.45, 2.75) is 18.9 Å². The third kappa shape index (κ3) is 6.73. The number of carbonyl (C=O) groups is 2. The molecule has 0 unspecified atom stereocenters. The maximum absolute atomic E-state index is 13.1. The maximum Gasteiger partial charge on any atom is 0.336 e. The highest BCUT2D eigenvalue weighted by Gasteiger charge is 2.19. The number of aromatic hydroxyl groups is 1. The maximum atomic E-state index is 13.1. The van der Waals surface area contributed by atoms with Gasteiger partial charge in [0.25, 0.3) is 5.91 Å². The summed E-state index contributed by atoms with van der Waals surface area (Å²) in [4.78, 5) is 29.6. The van der Waals surface area contributed by atoms with Gasteiger partial charge in [0.2, 0.25) is 0 Å². The average Bonchev–Trinajstić information content (AvgIpc) is 2.89. The van der Waals surface area contributed by atoms with Crippen LogP contribution in [0.3, 0.4) is 0 Å². The van der Waals surface area contributed by atoms with Gasteiger partial charge in [-0.1, -0.05) is 54.1 Å². The molecule has 1 amide bonds. The third-order valence-electron chi connectivity index (χ3n) is 5.90. The number of halogens is 1. The van der Waals surface area contributed by atoms with E-state index >= 15 is 0 Å². The van der Waals surface area contributed by atoms with E-state index < -0.39 is 11.9 Å². The van der Waals surface area contributed by atoms with Crippen molar-refractivity contribution in [3.8, 4) is 5.75 Å². The van der Waals surface area contributed by atoms with Crippen LogP contribution in [0.4, 0.5) is 0 Å². The Morgan fingerprint density at radius 2 is 1.65 bits per heavy atom. The highest BCUT2D eigenvalue weighted by atomic mass is 35.5. The Morgan fingerprint density at radius 3 is 2.32 bits per heavy atom. The van der Waals surface area contributed by atoms with Crippen molar-refractivity contribution >= 4 is 46.5 Å². The quantitative estimate of drug-likeness (QED) is 0.228. The van der Waals surface area contributed by atoms with E-state index in [0.717, 1.165) is 16.7 Å². The molecule has 0 bridgehead atoms. The number of carboxylic acid groups (broad SMARTS) is 1. The summed E-state index contributed by atoms with van der Waals surface area (Å²) in [5, 5.41) is 23.4. The zero-order valence-corrected chi connectivity index (χ0v) is 20.7. The van der Waals surface area contributed by atoms with Gasteiger partial charge in [-0.25, -0.2) is 9.78 Å². The molecule has 1 heterocycles. The Hall–Kier alpha value is -4.20. The molecule has 37 heavy (non-hydrogen) atoms. The van der Waals surface area contributed by atoms with E-state index in [0.29, 0.717) is 35.3 Å². The van der Waals surface area contributed by atoms with E-state index in [1.54, 1.807) is 48.5 Å². The summed E-state index contributed by atoms with van der Waals surface area (Å²) in [5.41, 5.74) is 8.83. The van der Waals surface area contributed by atoms with E-state index in [1.165, 1.54) is 6.07 Å². The number of benzene rings is 3. The summed E-state index contributed by atoms with van der Waals surface area (Å²) in [5.74, 6) is -1.47. The molecular weight excluding hydrogens is 490 g/mol. The number of aromatic carboxylic acids is 1. The van der Waals surface area contributed by atoms with Crippen LogP contribution in [0.15, 0.2) is 72.8 Å². The first-order valence-corrected chi connectivity index (χ1v) is 12.1. The molecule has 3 aromatic carbocycles. The van der Waals surface area contributed by atoms with Crippen LogP contribution in [0.25, 0.3) is 23.1 Å². The highest BCUT2D eigenvalue weighted by molar-refractivity contribution is 6.30. The zero-order valence-electron chi connectivity index (χ0n) is 19.9. The number of carbonyl (C=O) groups excluding carboxylic acids is 1. The largest absolute Gasteiger partial charge is 0.508 e. The van der Waals surface area contributed by atoms with Gasteiger partial charge in [0.1, 0.15) is 11.4 Å². The van der Waals surface area contributed by atoms with Crippen LogP contribution in [-0.2, 0) is 6.42 Å². The Labute approximate surface area is 219 Å². The summed E-state index contributed by atoms with van der Waals surface area (Å²) >= 11 is 5.93. The summed E-state index contributed by atoms with van der Waals surface area (Å²) in [6.07, 6.45) is 4.80. The number of pyridine rings is 1. The van der Waals surface area contributed by atoms with Gasteiger partial charge in [-0.15, -0.1) is 0 Å². The van der Waals surface area contributed by atoms with Crippen molar-refractivity contribution in [2.24, 2.45) is 5.73 Å². The fraction of sp³-hybridized carbons (Fsp3) is 0.138. The number of hydrogen-bond donors (Lipinski definition) is 4. The van der Waals surface area contributed by atoms with Crippen LogP contribution in [-0.4, -0.2) is 39.7 Å². The molecule has 4 rings (SSSR count). The van der Waals surface area contributed by atoms with Crippen molar-refractivity contribution in [3.63, 3.8) is 0 Å². The van der Waals surface area contributed by atoms with Crippen LogP contribution in [0.5, 0.6) is 5.75 Å². The lowest BCUT2D eigenvalue weighted by atomic mass is 10.0. The number of nitrogens with zero attached hydrogens (tertiary/aromatic N) is 1. The van der Waals surface area contributed by atoms with Gasteiger partial charge in [0.05, 0.1) is 11.1 Å². The van der Waals surface area contributed by atoms with Crippen LogP contribution < -0.4 is 11.1 Å². The summed E-state index contributed by atoms with van der Waals surface area (Å²) in [7, 11) is 0. The molecule has 1 atom stereocenters. The number of amides is 1. The number of aromatic nitrogens is 1. The molecule has 7 nitrogen and oxygen atoms in total. The Balaban J connectivity index is 1.59. The van der Waals surface area contributed by atoms with E-state index in [-0.39, 0.29) is 23.0 Å². The second-order valence-corrected chi connectivity index (χ2v) is 9.08. The van der Waals surface area contributed by atoms with Crippen LogP contribution in [0.2, 0.25) is 5.02 Å². The topological polar surface area (TPSA) is 126 Å². The molecule has 0 spiro atoms. The fourth-order valence-corrected chi connectivity index (χ4v) is 4.13. The molecule has 0 aliphatic heterocycles. The van der Waals surface area contributed by atoms with Crippen LogP contribution in [0, 0.1) is 0 Å². The van der Waals surface area contributed by atoms with Gasteiger partial charge in [0.15, 0.2) is 0 Å². The first-order valence-electron chi connectivity index (χ1n) is 11.7. The van der Waals surface area contributed by atoms with Crippen molar-refractivity contribution < 1.29 is 19.8 Å². The monoisotopic (exact) mass is 515 g/mol. The minimum atomic E-state index is -1.15. The molecule has 8 heteroatoms. The molecule has 0 aliphatic carbocycles. The highest BCUT2D eigenvalue weighted by Crippen LogP contribution is 2.23. The van der Waals surface area contributed by atoms with E-state index in [9.17, 15) is 19.8 Å². The minimum Gasteiger partial charge on any atom is -0.508 e. The second-order valence-electron chi connectivity index (χ2n) is 8.64. The number of phenols is 1. The molecule has 0 aliphatic rings.